The summed E-state index contributed by atoms with van der Waals surface area (Å²) in [4.78, 5) is 10.3. The maximum atomic E-state index is 11.6. The van der Waals surface area contributed by atoms with Crippen LogP contribution in [0.2, 0.25) is 0 Å². The number of benzene rings is 1. The van der Waals surface area contributed by atoms with E-state index in [-0.39, 0.29) is 18.8 Å². The molecule has 0 heterocycles. The van der Waals surface area contributed by atoms with Crippen LogP contribution >= 0.6 is 0 Å². The van der Waals surface area contributed by atoms with Crippen LogP contribution in [0, 0.1) is 10.1 Å². The van der Waals surface area contributed by atoms with Gasteiger partial charge in [0.15, 0.2) is 9.84 Å². The SMILES string of the molecule is COc1ccc([N+](=O)[O-])cc1CNCC(C)(C)S(C)(=O)=O. The molecule has 0 bridgehead atoms. The molecule has 1 rings (SSSR count). The molecule has 0 aromatic heterocycles. The van der Waals surface area contributed by atoms with E-state index in [1.165, 1.54) is 31.6 Å². The zero-order valence-electron chi connectivity index (χ0n) is 12.5. The highest BCUT2D eigenvalue weighted by Gasteiger charge is 2.29. The smallest absolute Gasteiger partial charge is 0.270 e. The van der Waals surface area contributed by atoms with Gasteiger partial charge in [0.1, 0.15) is 5.75 Å². The Morgan fingerprint density at radius 3 is 2.48 bits per heavy atom. The number of rotatable bonds is 7. The highest BCUT2D eigenvalue weighted by Crippen LogP contribution is 2.24. The number of hydrogen-bond donors (Lipinski definition) is 1. The lowest BCUT2D eigenvalue weighted by Crippen LogP contribution is -2.41. The Kier molecular flexibility index (Phi) is 5.30. The van der Waals surface area contributed by atoms with Crippen molar-refractivity contribution < 1.29 is 18.1 Å². The molecule has 21 heavy (non-hydrogen) atoms. The molecule has 118 valence electrons. The average molecular weight is 316 g/mol. The fourth-order valence-electron chi connectivity index (χ4n) is 1.65. The molecule has 0 spiro atoms. The third-order valence-electron chi connectivity index (χ3n) is 3.34. The molecule has 0 aliphatic carbocycles. The van der Waals surface area contributed by atoms with Crippen LogP contribution < -0.4 is 10.1 Å². The molecule has 1 aromatic carbocycles. The number of non-ortho nitro benzene ring substituents is 1. The quantitative estimate of drug-likeness (QED) is 0.605. The largest absolute Gasteiger partial charge is 0.496 e. The zero-order chi connectivity index (χ0) is 16.3. The first-order valence-corrected chi connectivity index (χ1v) is 8.19. The summed E-state index contributed by atoms with van der Waals surface area (Å²) in [5.41, 5.74) is 0.575. The van der Waals surface area contributed by atoms with Crippen LogP contribution in [-0.4, -0.2) is 38.0 Å². The third kappa shape index (κ3) is 4.40. The van der Waals surface area contributed by atoms with Gasteiger partial charge in [-0.25, -0.2) is 8.42 Å². The number of nitro groups is 1. The van der Waals surface area contributed by atoms with Gasteiger partial charge in [-0.1, -0.05) is 0 Å². The summed E-state index contributed by atoms with van der Waals surface area (Å²) in [6, 6.07) is 4.30. The van der Waals surface area contributed by atoms with Gasteiger partial charge in [-0.05, 0) is 19.9 Å². The molecule has 0 aliphatic rings. The summed E-state index contributed by atoms with van der Waals surface area (Å²) in [6.07, 6.45) is 1.18. The normalized spacial score (nSPS) is 12.2. The summed E-state index contributed by atoms with van der Waals surface area (Å²) < 4.78 is 27.4. The van der Waals surface area contributed by atoms with Crippen LogP contribution in [-0.2, 0) is 16.4 Å². The Morgan fingerprint density at radius 1 is 1.38 bits per heavy atom. The zero-order valence-corrected chi connectivity index (χ0v) is 13.4. The van der Waals surface area contributed by atoms with E-state index in [9.17, 15) is 18.5 Å². The van der Waals surface area contributed by atoms with Crippen LogP contribution in [0.1, 0.15) is 19.4 Å². The fourth-order valence-corrected chi connectivity index (χ4v) is 2.01. The predicted octanol–water partition coefficient (Wildman–Crippen LogP) is 1.52. The maximum Gasteiger partial charge on any atom is 0.270 e. The van der Waals surface area contributed by atoms with E-state index in [1.807, 2.05) is 0 Å². The van der Waals surface area contributed by atoms with E-state index in [2.05, 4.69) is 5.32 Å². The van der Waals surface area contributed by atoms with Gasteiger partial charge in [-0.15, -0.1) is 0 Å². The molecule has 0 saturated carbocycles. The topological polar surface area (TPSA) is 98.5 Å². The summed E-state index contributed by atoms with van der Waals surface area (Å²) in [5.74, 6) is 0.519. The van der Waals surface area contributed by atoms with Crippen LogP contribution in [0.5, 0.6) is 5.75 Å². The minimum atomic E-state index is -3.20. The molecule has 0 radical (unpaired) electrons. The predicted molar refractivity (Wildman–Crippen MR) is 80.3 cm³/mol. The van der Waals surface area contributed by atoms with Crippen molar-refractivity contribution in [3.05, 3.63) is 33.9 Å². The Balaban J connectivity index is 2.84. The number of nitrogens with one attached hydrogen (secondary N) is 1. The Morgan fingerprint density at radius 2 is 2.00 bits per heavy atom. The molecular formula is C13H20N2O5S. The van der Waals surface area contributed by atoms with Gasteiger partial charge in [0.25, 0.3) is 5.69 Å². The number of nitrogens with zero attached hydrogens (tertiary/aromatic N) is 1. The van der Waals surface area contributed by atoms with E-state index < -0.39 is 19.5 Å². The summed E-state index contributed by atoms with van der Waals surface area (Å²) in [6.45, 7) is 3.77. The average Bonchev–Trinajstić information content (AvgIpc) is 2.36. The van der Waals surface area contributed by atoms with Crippen molar-refractivity contribution in [2.75, 3.05) is 19.9 Å². The lowest BCUT2D eigenvalue weighted by molar-refractivity contribution is -0.384. The van der Waals surface area contributed by atoms with E-state index in [0.717, 1.165) is 0 Å². The molecule has 0 amide bonds. The standard InChI is InChI=1S/C13H20N2O5S/c1-13(2,21(4,18)19)9-14-8-10-7-11(15(16)17)5-6-12(10)20-3/h5-7,14H,8-9H2,1-4H3. The monoisotopic (exact) mass is 316 g/mol. The first kappa shape index (κ1) is 17.4. The number of nitro benzene ring substituents is 1. The minimum absolute atomic E-state index is 0.0324. The molecule has 0 fully saturated rings. The van der Waals surface area contributed by atoms with Crippen molar-refractivity contribution in [2.45, 2.75) is 25.1 Å². The highest BCUT2D eigenvalue weighted by atomic mass is 32.2. The molecule has 0 unspecified atom stereocenters. The lowest BCUT2D eigenvalue weighted by Gasteiger charge is -2.23. The second-order valence-electron chi connectivity index (χ2n) is 5.39. The van der Waals surface area contributed by atoms with Crippen molar-refractivity contribution in [2.24, 2.45) is 0 Å². The first-order valence-electron chi connectivity index (χ1n) is 6.30. The molecule has 8 heteroatoms. The number of methoxy groups -OCH3 is 1. The molecule has 1 N–H and O–H groups in total. The molecule has 0 atom stereocenters. The molecule has 0 aliphatic heterocycles. The van der Waals surface area contributed by atoms with Gasteiger partial charge in [-0.3, -0.25) is 10.1 Å². The van der Waals surface area contributed by atoms with E-state index >= 15 is 0 Å². The van der Waals surface area contributed by atoms with Crippen molar-refractivity contribution >= 4 is 15.5 Å². The number of hydrogen-bond acceptors (Lipinski definition) is 6. The van der Waals surface area contributed by atoms with E-state index in [4.69, 9.17) is 4.74 Å². The van der Waals surface area contributed by atoms with Gasteiger partial charge >= 0.3 is 0 Å². The molecule has 7 nitrogen and oxygen atoms in total. The van der Waals surface area contributed by atoms with Crippen LogP contribution in [0.25, 0.3) is 0 Å². The minimum Gasteiger partial charge on any atom is -0.496 e. The van der Waals surface area contributed by atoms with Gasteiger partial charge in [0.2, 0.25) is 0 Å². The molecule has 1 aromatic rings. The first-order chi connectivity index (χ1) is 9.58. The number of ether oxygens (including phenoxy) is 1. The number of sulfone groups is 1. The summed E-state index contributed by atoms with van der Waals surface area (Å²) >= 11 is 0. The van der Waals surface area contributed by atoms with Gasteiger partial charge < -0.3 is 10.1 Å². The molecule has 0 saturated heterocycles. The van der Waals surface area contributed by atoms with Gasteiger partial charge in [0.05, 0.1) is 16.8 Å². The van der Waals surface area contributed by atoms with E-state index in [1.54, 1.807) is 13.8 Å². The highest BCUT2D eigenvalue weighted by molar-refractivity contribution is 7.92. The third-order valence-corrected chi connectivity index (χ3v) is 5.50. The van der Waals surface area contributed by atoms with Gasteiger partial charge in [0, 0.05) is 37.0 Å². The Hall–Kier alpha value is -1.67. The van der Waals surface area contributed by atoms with Crippen molar-refractivity contribution in [3.63, 3.8) is 0 Å². The summed E-state index contributed by atoms with van der Waals surface area (Å²) in [5, 5.41) is 13.8. The van der Waals surface area contributed by atoms with Crippen molar-refractivity contribution in [1.29, 1.82) is 0 Å². The van der Waals surface area contributed by atoms with Gasteiger partial charge in [-0.2, -0.15) is 0 Å². The lowest BCUT2D eigenvalue weighted by atomic mass is 10.1. The molecular weight excluding hydrogens is 296 g/mol. The Labute approximate surface area is 124 Å². The maximum absolute atomic E-state index is 11.6. The van der Waals surface area contributed by atoms with Crippen molar-refractivity contribution in [3.8, 4) is 5.75 Å². The summed E-state index contributed by atoms with van der Waals surface area (Å²) in [7, 11) is -1.72. The second-order valence-corrected chi connectivity index (χ2v) is 8.04. The van der Waals surface area contributed by atoms with E-state index in [0.29, 0.717) is 11.3 Å². The van der Waals surface area contributed by atoms with Crippen LogP contribution in [0.15, 0.2) is 18.2 Å². The second kappa shape index (κ2) is 6.40. The Bertz CT molecular complexity index is 625. The van der Waals surface area contributed by atoms with Crippen molar-refractivity contribution in [1.82, 2.24) is 5.32 Å². The van der Waals surface area contributed by atoms with Crippen LogP contribution in [0.3, 0.4) is 0 Å². The fraction of sp³-hybridized carbons (Fsp3) is 0.538. The van der Waals surface area contributed by atoms with Crippen LogP contribution in [0.4, 0.5) is 5.69 Å².